The molecule has 0 spiro atoms. The predicted octanol–water partition coefficient (Wildman–Crippen LogP) is 4.18. The minimum absolute atomic E-state index is 0.411. The highest BCUT2D eigenvalue weighted by Gasteiger charge is 2.28. The van der Waals surface area contributed by atoms with Crippen LogP contribution in [0.4, 0.5) is 0 Å². The number of thioether (sulfide) groups is 1. The summed E-state index contributed by atoms with van der Waals surface area (Å²) < 4.78 is 27.4. The van der Waals surface area contributed by atoms with Crippen molar-refractivity contribution in [3.8, 4) is 0 Å². The lowest BCUT2D eigenvalue weighted by atomic mass is 10.2. The molecule has 1 aromatic heterocycles. The molecule has 3 nitrogen and oxygen atoms in total. The smallest absolute Gasteiger partial charge is 0.207 e. The Morgan fingerprint density at radius 1 is 1.17 bits per heavy atom. The summed E-state index contributed by atoms with van der Waals surface area (Å²) in [6.45, 7) is 3.25. The number of rotatable bonds is 4. The Labute approximate surface area is 146 Å². The van der Waals surface area contributed by atoms with Gasteiger partial charge in [-0.05, 0) is 42.0 Å². The number of sulfonamides is 1. The van der Waals surface area contributed by atoms with E-state index in [1.54, 1.807) is 27.8 Å². The third-order valence-electron chi connectivity index (χ3n) is 4.13. The van der Waals surface area contributed by atoms with E-state index in [1.165, 1.54) is 4.88 Å². The van der Waals surface area contributed by atoms with E-state index in [0.717, 1.165) is 24.2 Å². The summed E-state index contributed by atoms with van der Waals surface area (Å²) in [7, 11) is -3.38. The second-order valence-corrected chi connectivity index (χ2v) is 9.79. The third kappa shape index (κ3) is 3.82. The summed E-state index contributed by atoms with van der Waals surface area (Å²) in [5, 5.41) is 2.50. The normalized spacial score (nSPS) is 20.3. The Hall–Kier alpha value is -0.820. The molecule has 23 heavy (non-hydrogen) atoms. The Morgan fingerprint density at radius 3 is 2.61 bits per heavy atom. The molecule has 2 aromatic rings. The van der Waals surface area contributed by atoms with E-state index in [1.807, 2.05) is 23.9 Å². The molecular weight excluding hydrogens is 346 g/mol. The van der Waals surface area contributed by atoms with Gasteiger partial charge in [0.2, 0.25) is 10.0 Å². The van der Waals surface area contributed by atoms with Gasteiger partial charge in [0.15, 0.2) is 0 Å². The molecule has 1 aromatic carbocycles. The molecule has 2 heterocycles. The molecule has 0 amide bonds. The Bertz CT molecular complexity index is 724. The number of aryl methyl sites for hydroxylation is 1. The van der Waals surface area contributed by atoms with Gasteiger partial charge in [0.05, 0.1) is 4.90 Å². The van der Waals surface area contributed by atoms with Crippen LogP contribution in [0.1, 0.15) is 29.0 Å². The molecule has 0 N–H and O–H groups in total. The number of thiophene rings is 1. The van der Waals surface area contributed by atoms with Crippen molar-refractivity contribution in [2.24, 2.45) is 0 Å². The molecule has 6 heteroatoms. The van der Waals surface area contributed by atoms with Crippen molar-refractivity contribution in [2.45, 2.75) is 29.9 Å². The summed E-state index contributed by atoms with van der Waals surface area (Å²) in [5.74, 6) is 0.842. The van der Waals surface area contributed by atoms with E-state index >= 15 is 0 Å². The summed E-state index contributed by atoms with van der Waals surface area (Å²) in [4.78, 5) is 1.76. The van der Waals surface area contributed by atoms with Crippen LogP contribution < -0.4 is 0 Å². The van der Waals surface area contributed by atoms with E-state index in [0.29, 0.717) is 23.2 Å². The van der Waals surface area contributed by atoms with Gasteiger partial charge in [-0.15, -0.1) is 11.3 Å². The summed E-state index contributed by atoms with van der Waals surface area (Å²) in [6, 6.07) is 11.5. The molecule has 0 aliphatic carbocycles. The molecule has 1 atom stereocenters. The van der Waals surface area contributed by atoms with E-state index in [9.17, 15) is 8.42 Å². The maximum atomic E-state index is 12.9. The third-order valence-corrected chi connectivity index (χ3v) is 8.49. The summed E-state index contributed by atoms with van der Waals surface area (Å²) >= 11 is 3.63. The van der Waals surface area contributed by atoms with Gasteiger partial charge in [0, 0.05) is 29.0 Å². The number of benzene rings is 1. The van der Waals surface area contributed by atoms with Crippen LogP contribution >= 0.6 is 23.1 Å². The highest BCUT2D eigenvalue weighted by atomic mass is 32.2. The topological polar surface area (TPSA) is 37.4 Å². The SMILES string of the molecule is CCc1ccc(S(=O)(=O)N2CCSC(c3cccs3)CC2)cc1. The Morgan fingerprint density at radius 2 is 1.96 bits per heavy atom. The molecule has 0 saturated carbocycles. The van der Waals surface area contributed by atoms with Crippen LogP contribution in [0.15, 0.2) is 46.7 Å². The lowest BCUT2D eigenvalue weighted by Gasteiger charge is -2.20. The zero-order valence-electron chi connectivity index (χ0n) is 13.1. The highest BCUT2D eigenvalue weighted by Crippen LogP contribution is 2.37. The first-order chi connectivity index (χ1) is 11.1. The predicted molar refractivity (Wildman–Crippen MR) is 98.7 cm³/mol. The minimum Gasteiger partial charge on any atom is -0.207 e. The summed E-state index contributed by atoms with van der Waals surface area (Å²) in [5.41, 5.74) is 1.16. The molecule has 1 fully saturated rings. The molecule has 1 aliphatic heterocycles. The number of hydrogen-bond donors (Lipinski definition) is 0. The van der Waals surface area contributed by atoms with E-state index in [-0.39, 0.29) is 0 Å². The second kappa shape index (κ2) is 7.38. The first-order valence-electron chi connectivity index (χ1n) is 7.85. The monoisotopic (exact) mass is 367 g/mol. The average Bonchev–Trinajstić information content (AvgIpc) is 2.99. The molecule has 1 unspecified atom stereocenters. The van der Waals surface area contributed by atoms with Gasteiger partial charge in [-0.3, -0.25) is 0 Å². The largest absolute Gasteiger partial charge is 0.243 e. The molecule has 124 valence electrons. The van der Waals surface area contributed by atoms with Crippen molar-refractivity contribution in [1.29, 1.82) is 0 Å². The van der Waals surface area contributed by atoms with Gasteiger partial charge in [-0.25, -0.2) is 8.42 Å². The minimum atomic E-state index is -3.38. The Kier molecular flexibility index (Phi) is 5.46. The quantitative estimate of drug-likeness (QED) is 0.813. The first-order valence-corrected chi connectivity index (χ1v) is 11.2. The molecule has 0 radical (unpaired) electrons. The molecular formula is C17H21NO2S3. The van der Waals surface area contributed by atoms with Crippen LogP contribution in [0.3, 0.4) is 0 Å². The fourth-order valence-electron chi connectivity index (χ4n) is 2.74. The van der Waals surface area contributed by atoms with Crippen LogP contribution in [-0.2, 0) is 16.4 Å². The first kappa shape index (κ1) is 17.0. The van der Waals surface area contributed by atoms with Crippen LogP contribution in [0.25, 0.3) is 0 Å². The number of hydrogen-bond acceptors (Lipinski definition) is 4. The van der Waals surface area contributed by atoms with Gasteiger partial charge >= 0.3 is 0 Å². The van der Waals surface area contributed by atoms with Crippen molar-refractivity contribution in [1.82, 2.24) is 4.31 Å². The van der Waals surface area contributed by atoms with Gasteiger partial charge in [-0.1, -0.05) is 25.1 Å². The molecule has 3 rings (SSSR count). The van der Waals surface area contributed by atoms with Crippen LogP contribution in [0.2, 0.25) is 0 Å². The lowest BCUT2D eigenvalue weighted by Crippen LogP contribution is -2.33. The molecule has 0 bridgehead atoms. The highest BCUT2D eigenvalue weighted by molar-refractivity contribution is 7.99. The van der Waals surface area contributed by atoms with E-state index in [4.69, 9.17) is 0 Å². The second-order valence-electron chi connectivity index (χ2n) is 5.57. The van der Waals surface area contributed by atoms with E-state index in [2.05, 4.69) is 24.4 Å². The standard InChI is InChI=1S/C17H21NO2S3/c1-2-14-5-7-15(8-6-14)23(19,20)18-10-9-17(22-13-11-18)16-4-3-12-21-16/h3-8,12,17H,2,9-11,13H2,1H3. The van der Waals surface area contributed by atoms with Gasteiger partial charge in [-0.2, -0.15) is 16.1 Å². The fourth-order valence-corrected chi connectivity index (χ4v) is 6.55. The van der Waals surface area contributed by atoms with E-state index < -0.39 is 10.0 Å². The Balaban J connectivity index is 1.75. The van der Waals surface area contributed by atoms with Gasteiger partial charge in [0.1, 0.15) is 0 Å². The van der Waals surface area contributed by atoms with Crippen LogP contribution in [0.5, 0.6) is 0 Å². The maximum absolute atomic E-state index is 12.9. The van der Waals surface area contributed by atoms with Gasteiger partial charge < -0.3 is 0 Å². The molecule has 1 saturated heterocycles. The lowest BCUT2D eigenvalue weighted by molar-refractivity contribution is 0.428. The van der Waals surface area contributed by atoms with Crippen LogP contribution in [-0.4, -0.2) is 31.6 Å². The van der Waals surface area contributed by atoms with Crippen molar-refractivity contribution in [3.05, 3.63) is 52.2 Å². The zero-order chi connectivity index (χ0) is 16.3. The van der Waals surface area contributed by atoms with Crippen molar-refractivity contribution in [2.75, 3.05) is 18.8 Å². The molecule has 1 aliphatic rings. The number of nitrogens with zero attached hydrogens (tertiary/aromatic N) is 1. The van der Waals surface area contributed by atoms with Crippen LogP contribution in [0, 0.1) is 0 Å². The zero-order valence-corrected chi connectivity index (χ0v) is 15.6. The van der Waals surface area contributed by atoms with Gasteiger partial charge in [0.25, 0.3) is 0 Å². The summed E-state index contributed by atoms with van der Waals surface area (Å²) in [6.07, 6.45) is 1.79. The fraction of sp³-hybridized carbons (Fsp3) is 0.412. The van der Waals surface area contributed by atoms with Crippen molar-refractivity contribution in [3.63, 3.8) is 0 Å². The van der Waals surface area contributed by atoms with Crippen molar-refractivity contribution < 1.29 is 8.42 Å². The maximum Gasteiger partial charge on any atom is 0.243 e. The average molecular weight is 368 g/mol. The van der Waals surface area contributed by atoms with Crippen molar-refractivity contribution >= 4 is 33.1 Å².